The quantitative estimate of drug-likeness (QED) is 0.774. The zero-order valence-corrected chi connectivity index (χ0v) is 10.3. The maximum absolute atomic E-state index is 11.2. The molecule has 1 fully saturated rings. The van der Waals surface area contributed by atoms with Crippen molar-refractivity contribution >= 4 is 17.4 Å². The highest BCUT2D eigenvalue weighted by atomic mass is 16.2. The Morgan fingerprint density at radius 2 is 2.00 bits per heavy atom. The van der Waals surface area contributed by atoms with Crippen LogP contribution in [0.5, 0.6) is 0 Å². The third-order valence-electron chi connectivity index (χ3n) is 3.18. The number of amides is 1. The number of hydrogen-bond donors (Lipinski definition) is 1. The van der Waals surface area contributed by atoms with Gasteiger partial charge in [-0.25, -0.2) is 4.98 Å². The predicted molar refractivity (Wildman–Crippen MR) is 67.9 cm³/mol. The molecule has 0 spiro atoms. The summed E-state index contributed by atoms with van der Waals surface area (Å²) < 4.78 is 0. The maximum atomic E-state index is 11.2. The maximum Gasteiger partial charge on any atom is 0.219 e. The first-order chi connectivity index (χ1) is 8.08. The molecule has 1 saturated heterocycles. The molecule has 2 heterocycles. The van der Waals surface area contributed by atoms with Gasteiger partial charge in [0.15, 0.2) is 0 Å². The molecular weight excluding hydrogens is 216 g/mol. The summed E-state index contributed by atoms with van der Waals surface area (Å²) >= 11 is 0. The smallest absolute Gasteiger partial charge is 0.219 e. The van der Waals surface area contributed by atoms with Gasteiger partial charge in [0.2, 0.25) is 5.91 Å². The van der Waals surface area contributed by atoms with Crippen molar-refractivity contribution in [1.82, 2.24) is 9.88 Å². The average molecular weight is 234 g/mol. The number of pyridine rings is 1. The van der Waals surface area contributed by atoms with Crippen LogP contribution in [0.25, 0.3) is 0 Å². The van der Waals surface area contributed by atoms with Crippen LogP contribution >= 0.6 is 0 Å². The molecule has 0 aromatic carbocycles. The van der Waals surface area contributed by atoms with E-state index >= 15 is 0 Å². The van der Waals surface area contributed by atoms with Gasteiger partial charge in [-0.2, -0.15) is 0 Å². The molecule has 0 radical (unpaired) electrons. The second-order valence-electron chi connectivity index (χ2n) is 4.39. The van der Waals surface area contributed by atoms with Crippen LogP contribution in [0.2, 0.25) is 0 Å². The molecule has 1 aromatic heterocycles. The van der Waals surface area contributed by atoms with Gasteiger partial charge in [-0.1, -0.05) is 0 Å². The molecule has 1 aliphatic heterocycles. The van der Waals surface area contributed by atoms with Crippen molar-refractivity contribution < 1.29 is 4.79 Å². The highest BCUT2D eigenvalue weighted by molar-refractivity contribution is 5.73. The lowest BCUT2D eigenvalue weighted by Crippen LogP contribution is -2.48. The van der Waals surface area contributed by atoms with Gasteiger partial charge < -0.3 is 15.5 Å². The Bertz CT molecular complexity index is 425. The summed E-state index contributed by atoms with van der Waals surface area (Å²) in [4.78, 5) is 19.6. The molecule has 1 amide bonds. The monoisotopic (exact) mass is 234 g/mol. The molecule has 2 N–H and O–H groups in total. The van der Waals surface area contributed by atoms with Gasteiger partial charge in [0, 0.05) is 51.1 Å². The minimum absolute atomic E-state index is 0.140. The largest absolute Gasteiger partial charge is 0.398 e. The van der Waals surface area contributed by atoms with Crippen molar-refractivity contribution in [1.29, 1.82) is 0 Å². The molecule has 5 nitrogen and oxygen atoms in total. The molecule has 1 aliphatic rings. The molecule has 17 heavy (non-hydrogen) atoms. The van der Waals surface area contributed by atoms with Crippen molar-refractivity contribution in [3.63, 3.8) is 0 Å². The fourth-order valence-corrected chi connectivity index (χ4v) is 1.95. The first kappa shape index (κ1) is 11.7. The van der Waals surface area contributed by atoms with E-state index in [0.717, 1.165) is 43.2 Å². The van der Waals surface area contributed by atoms with E-state index in [9.17, 15) is 4.79 Å². The van der Waals surface area contributed by atoms with Gasteiger partial charge in [-0.3, -0.25) is 4.79 Å². The number of anilines is 2. The zero-order valence-electron chi connectivity index (χ0n) is 10.3. The lowest BCUT2D eigenvalue weighted by atomic mass is 10.2. The van der Waals surface area contributed by atoms with Crippen LogP contribution in [0.1, 0.15) is 12.5 Å². The van der Waals surface area contributed by atoms with Crippen molar-refractivity contribution in [3.8, 4) is 0 Å². The number of nitrogens with zero attached hydrogens (tertiary/aromatic N) is 3. The summed E-state index contributed by atoms with van der Waals surface area (Å²) in [5.74, 6) is 1.04. The van der Waals surface area contributed by atoms with Crippen LogP contribution < -0.4 is 10.6 Å². The summed E-state index contributed by atoms with van der Waals surface area (Å²) in [6.45, 7) is 6.69. The van der Waals surface area contributed by atoms with E-state index in [1.807, 2.05) is 17.9 Å². The van der Waals surface area contributed by atoms with Crippen molar-refractivity contribution in [2.75, 3.05) is 36.8 Å². The Balaban J connectivity index is 2.05. The number of hydrogen-bond acceptors (Lipinski definition) is 4. The average Bonchev–Trinajstić information content (AvgIpc) is 2.33. The summed E-state index contributed by atoms with van der Waals surface area (Å²) in [5, 5.41) is 0. The summed E-state index contributed by atoms with van der Waals surface area (Å²) in [6.07, 6.45) is 1.79. The van der Waals surface area contributed by atoms with Crippen molar-refractivity contribution in [2.45, 2.75) is 13.8 Å². The van der Waals surface area contributed by atoms with E-state index in [-0.39, 0.29) is 5.91 Å². The van der Waals surface area contributed by atoms with Gasteiger partial charge >= 0.3 is 0 Å². The molecule has 0 bridgehead atoms. The van der Waals surface area contributed by atoms with E-state index in [1.165, 1.54) is 0 Å². The lowest BCUT2D eigenvalue weighted by molar-refractivity contribution is -0.129. The van der Waals surface area contributed by atoms with Gasteiger partial charge in [0.25, 0.3) is 0 Å². The number of carbonyl (C=O) groups excluding carboxylic acids is 1. The molecule has 0 unspecified atom stereocenters. The highest BCUT2D eigenvalue weighted by Crippen LogP contribution is 2.18. The van der Waals surface area contributed by atoms with Crippen molar-refractivity contribution in [3.05, 3.63) is 17.8 Å². The van der Waals surface area contributed by atoms with E-state index in [2.05, 4.69) is 9.88 Å². The van der Waals surface area contributed by atoms with E-state index < -0.39 is 0 Å². The Kier molecular flexibility index (Phi) is 3.17. The minimum Gasteiger partial charge on any atom is -0.398 e. The molecule has 92 valence electrons. The molecule has 0 saturated carbocycles. The van der Waals surface area contributed by atoms with Crippen LogP contribution in [0.3, 0.4) is 0 Å². The number of piperazine rings is 1. The summed E-state index contributed by atoms with van der Waals surface area (Å²) in [5.41, 5.74) is 7.64. The molecule has 0 aliphatic carbocycles. The number of carbonyl (C=O) groups is 1. The second kappa shape index (κ2) is 4.61. The van der Waals surface area contributed by atoms with Gasteiger partial charge in [-0.15, -0.1) is 0 Å². The molecule has 5 heteroatoms. The third kappa shape index (κ3) is 2.49. The Morgan fingerprint density at radius 3 is 2.53 bits per heavy atom. The van der Waals surface area contributed by atoms with E-state index in [1.54, 1.807) is 13.1 Å². The highest BCUT2D eigenvalue weighted by Gasteiger charge is 2.19. The Labute approximate surface area is 101 Å². The zero-order chi connectivity index (χ0) is 12.4. The van der Waals surface area contributed by atoms with Crippen molar-refractivity contribution in [2.24, 2.45) is 0 Å². The SMILES string of the molecule is CC(=O)N1CCN(c2cc(N)c(C)cn2)CC1. The topological polar surface area (TPSA) is 62.5 Å². The van der Waals surface area contributed by atoms with Gasteiger partial charge in [0.05, 0.1) is 0 Å². The van der Waals surface area contributed by atoms with Crippen LogP contribution in [0.15, 0.2) is 12.3 Å². The van der Waals surface area contributed by atoms with E-state index in [4.69, 9.17) is 5.73 Å². The number of aryl methyl sites for hydroxylation is 1. The predicted octanol–water partition coefficient (Wildman–Crippen LogP) is 0.641. The van der Waals surface area contributed by atoms with Crippen LogP contribution in [0, 0.1) is 6.92 Å². The Hall–Kier alpha value is -1.78. The van der Waals surface area contributed by atoms with Gasteiger partial charge in [0.1, 0.15) is 5.82 Å². The number of aromatic nitrogens is 1. The summed E-state index contributed by atoms with van der Waals surface area (Å²) in [7, 11) is 0. The first-order valence-electron chi connectivity index (χ1n) is 5.80. The summed E-state index contributed by atoms with van der Waals surface area (Å²) in [6, 6.07) is 1.90. The molecule has 1 aromatic rings. The van der Waals surface area contributed by atoms with E-state index in [0.29, 0.717) is 0 Å². The van der Waals surface area contributed by atoms with Crippen LogP contribution in [-0.4, -0.2) is 42.0 Å². The fraction of sp³-hybridized carbons (Fsp3) is 0.500. The van der Waals surface area contributed by atoms with Crippen LogP contribution in [-0.2, 0) is 4.79 Å². The fourth-order valence-electron chi connectivity index (χ4n) is 1.95. The van der Waals surface area contributed by atoms with Gasteiger partial charge in [-0.05, 0) is 12.5 Å². The normalized spacial score (nSPS) is 16.1. The number of nitrogens with two attached hydrogens (primary N) is 1. The molecule has 0 atom stereocenters. The first-order valence-corrected chi connectivity index (χ1v) is 5.80. The molecule has 2 rings (SSSR count). The lowest BCUT2D eigenvalue weighted by Gasteiger charge is -2.35. The Morgan fingerprint density at radius 1 is 1.35 bits per heavy atom. The number of nitrogen functional groups attached to an aromatic ring is 1. The standard InChI is InChI=1S/C12H18N4O/c1-9-8-14-12(7-11(9)13)16-5-3-15(4-6-16)10(2)17/h7-8H,3-6H2,1-2H3,(H2,13,14). The molecular formula is C12H18N4O. The number of rotatable bonds is 1. The second-order valence-corrected chi connectivity index (χ2v) is 4.39. The van der Waals surface area contributed by atoms with Crippen LogP contribution in [0.4, 0.5) is 11.5 Å². The third-order valence-corrected chi connectivity index (χ3v) is 3.18. The minimum atomic E-state index is 0.140.